The summed E-state index contributed by atoms with van der Waals surface area (Å²) >= 11 is 0. The molecule has 2 heterocycles. The quantitative estimate of drug-likeness (QED) is 0.886. The molecule has 1 saturated heterocycles. The first-order valence-electron chi connectivity index (χ1n) is 8.44. The van der Waals surface area contributed by atoms with Crippen LogP contribution in [0.3, 0.4) is 0 Å². The molecule has 0 unspecified atom stereocenters. The van der Waals surface area contributed by atoms with Crippen LogP contribution in [0.2, 0.25) is 0 Å². The minimum atomic E-state index is -0.173. The lowest BCUT2D eigenvalue weighted by Crippen LogP contribution is -2.49. The van der Waals surface area contributed by atoms with Gasteiger partial charge in [-0.15, -0.1) is 0 Å². The van der Waals surface area contributed by atoms with Crippen molar-refractivity contribution in [3.8, 4) is 0 Å². The fourth-order valence-corrected chi connectivity index (χ4v) is 3.03. The van der Waals surface area contributed by atoms with Crippen LogP contribution in [0.5, 0.6) is 0 Å². The summed E-state index contributed by atoms with van der Waals surface area (Å²) in [5.74, 6) is 0.406. The van der Waals surface area contributed by atoms with Crippen molar-refractivity contribution in [2.75, 3.05) is 25.0 Å². The van der Waals surface area contributed by atoms with Gasteiger partial charge in [-0.2, -0.15) is 0 Å². The SMILES string of the molecule is CC(C)Cn1ccc2cc(NC(=O)CN3CCCNC3=O)ccc21. The second kappa shape index (κ2) is 6.95. The first-order chi connectivity index (χ1) is 11.5. The molecule has 1 fully saturated rings. The summed E-state index contributed by atoms with van der Waals surface area (Å²) < 4.78 is 2.23. The first-order valence-corrected chi connectivity index (χ1v) is 8.44. The Balaban J connectivity index is 1.66. The molecule has 0 saturated carbocycles. The average molecular weight is 328 g/mol. The maximum absolute atomic E-state index is 12.2. The first kappa shape index (κ1) is 16.4. The van der Waals surface area contributed by atoms with E-state index in [2.05, 4.69) is 41.3 Å². The van der Waals surface area contributed by atoms with Crippen molar-refractivity contribution < 1.29 is 9.59 Å². The smallest absolute Gasteiger partial charge is 0.317 e. The Morgan fingerprint density at radius 2 is 2.17 bits per heavy atom. The van der Waals surface area contributed by atoms with Crippen LogP contribution in [0.1, 0.15) is 20.3 Å². The molecule has 128 valence electrons. The van der Waals surface area contributed by atoms with Crippen LogP contribution in [0, 0.1) is 5.92 Å². The van der Waals surface area contributed by atoms with Crippen LogP contribution < -0.4 is 10.6 Å². The number of nitrogens with one attached hydrogen (secondary N) is 2. The second-order valence-corrected chi connectivity index (χ2v) is 6.69. The number of aromatic nitrogens is 1. The van der Waals surface area contributed by atoms with Crippen LogP contribution in [0.4, 0.5) is 10.5 Å². The Hall–Kier alpha value is -2.50. The minimum absolute atomic E-state index is 0.0816. The number of carbonyl (C=O) groups excluding carboxylic acids is 2. The van der Waals surface area contributed by atoms with Crippen LogP contribution >= 0.6 is 0 Å². The molecule has 3 rings (SSSR count). The summed E-state index contributed by atoms with van der Waals surface area (Å²) in [6.07, 6.45) is 2.95. The highest BCUT2D eigenvalue weighted by Crippen LogP contribution is 2.21. The zero-order valence-electron chi connectivity index (χ0n) is 14.2. The number of hydrogen-bond acceptors (Lipinski definition) is 2. The molecular formula is C18H24N4O2. The summed E-state index contributed by atoms with van der Waals surface area (Å²) in [7, 11) is 0. The van der Waals surface area contributed by atoms with E-state index in [1.54, 1.807) is 0 Å². The number of fused-ring (bicyclic) bond motifs is 1. The number of benzene rings is 1. The lowest BCUT2D eigenvalue weighted by atomic mass is 10.2. The molecule has 6 heteroatoms. The Labute approximate surface area is 141 Å². The summed E-state index contributed by atoms with van der Waals surface area (Å²) in [4.78, 5) is 25.4. The van der Waals surface area contributed by atoms with Gasteiger partial charge >= 0.3 is 6.03 Å². The van der Waals surface area contributed by atoms with Crippen molar-refractivity contribution >= 4 is 28.5 Å². The molecule has 0 radical (unpaired) electrons. The number of urea groups is 1. The van der Waals surface area contributed by atoms with Gasteiger partial charge < -0.3 is 20.1 Å². The third kappa shape index (κ3) is 3.69. The standard InChI is InChI=1S/C18H24N4O2/c1-13(2)11-21-9-6-14-10-15(4-5-16(14)21)20-17(23)12-22-8-3-7-19-18(22)24/h4-6,9-10,13H,3,7-8,11-12H2,1-2H3,(H,19,24)(H,20,23). The maximum Gasteiger partial charge on any atom is 0.317 e. The number of carbonyl (C=O) groups is 2. The van der Waals surface area contributed by atoms with Crippen LogP contribution in [-0.2, 0) is 11.3 Å². The predicted octanol–water partition coefficient (Wildman–Crippen LogP) is 2.65. The maximum atomic E-state index is 12.2. The van der Waals surface area contributed by atoms with E-state index in [-0.39, 0.29) is 18.5 Å². The average Bonchev–Trinajstić information content (AvgIpc) is 2.91. The van der Waals surface area contributed by atoms with E-state index in [1.807, 2.05) is 18.2 Å². The van der Waals surface area contributed by atoms with Gasteiger partial charge in [0.2, 0.25) is 5.91 Å². The Kier molecular flexibility index (Phi) is 4.74. The molecule has 1 aromatic heterocycles. The molecular weight excluding hydrogens is 304 g/mol. The molecule has 0 atom stereocenters. The van der Waals surface area contributed by atoms with Gasteiger partial charge in [0.25, 0.3) is 0 Å². The zero-order valence-corrected chi connectivity index (χ0v) is 14.2. The van der Waals surface area contributed by atoms with Gasteiger partial charge in [0.1, 0.15) is 6.54 Å². The monoisotopic (exact) mass is 328 g/mol. The van der Waals surface area contributed by atoms with Crippen molar-refractivity contribution in [2.45, 2.75) is 26.8 Å². The summed E-state index contributed by atoms with van der Waals surface area (Å²) in [6.45, 7) is 6.74. The molecule has 0 spiro atoms. The topological polar surface area (TPSA) is 66.4 Å². The number of amides is 3. The van der Waals surface area contributed by atoms with Gasteiger partial charge in [0.15, 0.2) is 0 Å². The summed E-state index contributed by atoms with van der Waals surface area (Å²) in [5, 5.41) is 6.73. The van der Waals surface area contributed by atoms with Gasteiger partial charge in [-0.3, -0.25) is 4.79 Å². The highest BCUT2D eigenvalue weighted by Gasteiger charge is 2.20. The van der Waals surface area contributed by atoms with Crippen molar-refractivity contribution in [3.05, 3.63) is 30.5 Å². The number of nitrogens with zero attached hydrogens (tertiary/aromatic N) is 2. The fourth-order valence-electron chi connectivity index (χ4n) is 3.03. The Morgan fingerprint density at radius 1 is 1.33 bits per heavy atom. The Morgan fingerprint density at radius 3 is 2.92 bits per heavy atom. The van der Waals surface area contributed by atoms with E-state index >= 15 is 0 Å². The molecule has 2 aromatic rings. The van der Waals surface area contributed by atoms with E-state index in [1.165, 1.54) is 4.90 Å². The van der Waals surface area contributed by atoms with E-state index in [0.29, 0.717) is 19.0 Å². The molecule has 2 N–H and O–H groups in total. The normalized spacial score (nSPS) is 15.0. The van der Waals surface area contributed by atoms with Crippen molar-refractivity contribution in [3.63, 3.8) is 0 Å². The van der Waals surface area contributed by atoms with E-state index in [0.717, 1.165) is 29.6 Å². The molecule has 0 bridgehead atoms. The third-order valence-electron chi connectivity index (χ3n) is 4.12. The molecule has 24 heavy (non-hydrogen) atoms. The van der Waals surface area contributed by atoms with Crippen LogP contribution in [0.15, 0.2) is 30.5 Å². The van der Waals surface area contributed by atoms with Gasteiger partial charge in [-0.05, 0) is 36.6 Å². The molecule has 1 aliphatic rings. The van der Waals surface area contributed by atoms with Crippen molar-refractivity contribution in [1.29, 1.82) is 0 Å². The molecule has 6 nitrogen and oxygen atoms in total. The van der Waals surface area contributed by atoms with Gasteiger partial charge in [0, 0.05) is 42.4 Å². The second-order valence-electron chi connectivity index (χ2n) is 6.69. The molecule has 1 aromatic carbocycles. The number of hydrogen-bond donors (Lipinski definition) is 2. The summed E-state index contributed by atoms with van der Waals surface area (Å²) in [5.41, 5.74) is 1.92. The van der Waals surface area contributed by atoms with Crippen LogP contribution in [0.25, 0.3) is 10.9 Å². The Bertz CT molecular complexity index is 751. The predicted molar refractivity (Wildman–Crippen MR) is 95.0 cm³/mol. The number of rotatable bonds is 5. The fraction of sp³-hybridized carbons (Fsp3) is 0.444. The molecule has 3 amide bonds. The highest BCUT2D eigenvalue weighted by molar-refractivity contribution is 5.96. The summed E-state index contributed by atoms with van der Waals surface area (Å²) in [6, 6.07) is 7.80. The van der Waals surface area contributed by atoms with E-state index in [4.69, 9.17) is 0 Å². The third-order valence-corrected chi connectivity index (χ3v) is 4.12. The van der Waals surface area contributed by atoms with E-state index in [9.17, 15) is 9.59 Å². The number of anilines is 1. The molecule has 1 aliphatic heterocycles. The van der Waals surface area contributed by atoms with E-state index < -0.39 is 0 Å². The highest BCUT2D eigenvalue weighted by atomic mass is 16.2. The molecule has 0 aliphatic carbocycles. The van der Waals surface area contributed by atoms with Crippen molar-refractivity contribution in [2.24, 2.45) is 5.92 Å². The minimum Gasteiger partial charge on any atom is -0.347 e. The van der Waals surface area contributed by atoms with Gasteiger partial charge in [-0.1, -0.05) is 13.8 Å². The lowest BCUT2D eigenvalue weighted by Gasteiger charge is -2.26. The lowest BCUT2D eigenvalue weighted by molar-refractivity contribution is -0.116. The largest absolute Gasteiger partial charge is 0.347 e. The van der Waals surface area contributed by atoms with Crippen LogP contribution in [-0.4, -0.2) is 41.0 Å². The van der Waals surface area contributed by atoms with Gasteiger partial charge in [-0.25, -0.2) is 4.79 Å². The zero-order chi connectivity index (χ0) is 17.1. The van der Waals surface area contributed by atoms with Crippen molar-refractivity contribution in [1.82, 2.24) is 14.8 Å². The van der Waals surface area contributed by atoms with Gasteiger partial charge in [0.05, 0.1) is 0 Å².